The van der Waals surface area contributed by atoms with E-state index in [1.54, 1.807) is 0 Å². The smallest absolute Gasteiger partial charge is 0.337 e. The largest absolute Gasteiger partial charge is 0.466 e. The van der Waals surface area contributed by atoms with Crippen LogP contribution in [0.15, 0.2) is 29.5 Å². The highest BCUT2D eigenvalue weighted by Gasteiger charge is 2.34. The van der Waals surface area contributed by atoms with Crippen molar-refractivity contribution in [2.24, 2.45) is 0 Å². The average Bonchev–Trinajstić information content (AvgIpc) is 2.80. The number of carbonyl (C=O) groups excluding carboxylic acids is 2. The lowest BCUT2D eigenvalue weighted by molar-refractivity contribution is -0.136. The van der Waals surface area contributed by atoms with Gasteiger partial charge in [-0.1, -0.05) is 0 Å². The van der Waals surface area contributed by atoms with Gasteiger partial charge in [0.25, 0.3) is 5.91 Å². The number of aliphatic hydroxyl groups is 1. The maximum absolute atomic E-state index is 13.2. The summed E-state index contributed by atoms with van der Waals surface area (Å²) >= 11 is 0. The Balaban J connectivity index is 2.32. The van der Waals surface area contributed by atoms with E-state index in [0.717, 1.165) is 12.1 Å². The summed E-state index contributed by atoms with van der Waals surface area (Å²) in [5, 5.41) is 11.5. The van der Waals surface area contributed by atoms with Gasteiger partial charge in [0, 0.05) is 18.3 Å². The van der Waals surface area contributed by atoms with Crippen molar-refractivity contribution >= 4 is 17.6 Å². The number of nitrogens with one attached hydrogen (secondary N) is 1. The van der Waals surface area contributed by atoms with Crippen molar-refractivity contribution in [2.75, 3.05) is 32.1 Å². The number of β-amino-alcohol motifs (C(OH)–C–C–N with tert-alkyl or cyclic N) is 1. The lowest BCUT2D eigenvalue weighted by Gasteiger charge is -2.15. The topological polar surface area (TPSA) is 78.9 Å². The Bertz CT molecular complexity index is 646. The van der Waals surface area contributed by atoms with Gasteiger partial charge < -0.3 is 20.1 Å². The van der Waals surface area contributed by atoms with Crippen molar-refractivity contribution in [1.29, 1.82) is 0 Å². The van der Waals surface area contributed by atoms with Crippen molar-refractivity contribution < 1.29 is 28.2 Å². The molecule has 1 aliphatic heterocycles. The van der Waals surface area contributed by atoms with Crippen LogP contribution >= 0.6 is 0 Å². The van der Waals surface area contributed by atoms with Crippen LogP contribution in [0.2, 0.25) is 0 Å². The van der Waals surface area contributed by atoms with Crippen molar-refractivity contribution in [1.82, 2.24) is 4.90 Å². The van der Waals surface area contributed by atoms with Crippen LogP contribution in [0, 0.1) is 11.6 Å². The molecule has 0 aliphatic carbocycles. The molecular weight excluding hydrogens is 298 g/mol. The Morgan fingerprint density at radius 2 is 2.14 bits per heavy atom. The molecule has 1 aromatic rings. The van der Waals surface area contributed by atoms with E-state index >= 15 is 0 Å². The normalized spacial score (nSPS) is 14.5. The maximum Gasteiger partial charge on any atom is 0.337 e. The van der Waals surface area contributed by atoms with Crippen LogP contribution < -0.4 is 5.32 Å². The van der Waals surface area contributed by atoms with E-state index in [2.05, 4.69) is 10.1 Å². The Morgan fingerprint density at radius 1 is 1.41 bits per heavy atom. The van der Waals surface area contributed by atoms with Crippen LogP contribution in [0.1, 0.15) is 0 Å². The molecule has 2 N–H and O–H groups in total. The molecule has 0 bridgehead atoms. The molecule has 2 rings (SSSR count). The molecule has 1 aliphatic rings. The fraction of sp³-hybridized carbons (Fsp3) is 0.286. The average molecular weight is 312 g/mol. The van der Waals surface area contributed by atoms with E-state index in [-0.39, 0.29) is 36.7 Å². The van der Waals surface area contributed by atoms with E-state index in [4.69, 9.17) is 5.11 Å². The Hall–Kier alpha value is -2.48. The Kier molecular flexibility index (Phi) is 4.71. The number of hydrogen-bond donors (Lipinski definition) is 2. The van der Waals surface area contributed by atoms with Crippen LogP contribution in [-0.4, -0.2) is 48.7 Å². The number of hydrogen-bond acceptors (Lipinski definition) is 5. The van der Waals surface area contributed by atoms with Gasteiger partial charge in [-0.25, -0.2) is 13.6 Å². The van der Waals surface area contributed by atoms with Gasteiger partial charge in [-0.05, 0) is 12.1 Å². The number of carbonyl (C=O) groups is 2. The van der Waals surface area contributed by atoms with E-state index in [1.807, 2.05) is 0 Å². The molecule has 0 fully saturated rings. The van der Waals surface area contributed by atoms with Gasteiger partial charge in [-0.2, -0.15) is 0 Å². The summed E-state index contributed by atoms with van der Waals surface area (Å²) in [4.78, 5) is 25.2. The second-order valence-corrected chi connectivity index (χ2v) is 4.55. The number of ether oxygens (including phenoxy) is 1. The van der Waals surface area contributed by atoms with Gasteiger partial charge >= 0.3 is 5.97 Å². The molecule has 0 saturated heterocycles. The third-order valence-corrected chi connectivity index (χ3v) is 3.14. The van der Waals surface area contributed by atoms with Crippen LogP contribution in [0.5, 0.6) is 0 Å². The van der Waals surface area contributed by atoms with Crippen LogP contribution in [0.25, 0.3) is 0 Å². The molecule has 0 atom stereocenters. The quantitative estimate of drug-likeness (QED) is 0.780. The molecule has 118 valence electrons. The highest BCUT2D eigenvalue weighted by molar-refractivity contribution is 6.08. The molecule has 1 amide bonds. The molecule has 1 aromatic carbocycles. The van der Waals surface area contributed by atoms with Crippen LogP contribution in [0.3, 0.4) is 0 Å². The summed E-state index contributed by atoms with van der Waals surface area (Å²) in [6.45, 7) is -0.251. The number of aliphatic hydroxyl groups excluding tert-OH is 1. The zero-order chi connectivity index (χ0) is 16.3. The minimum Gasteiger partial charge on any atom is -0.466 e. The lowest BCUT2D eigenvalue weighted by atomic mass is 10.2. The Labute approximate surface area is 125 Å². The summed E-state index contributed by atoms with van der Waals surface area (Å²) < 4.78 is 30.7. The second kappa shape index (κ2) is 6.52. The first-order chi connectivity index (χ1) is 10.5. The van der Waals surface area contributed by atoms with Gasteiger partial charge in [0.15, 0.2) is 11.6 Å². The fourth-order valence-corrected chi connectivity index (χ4v) is 2.07. The van der Waals surface area contributed by atoms with E-state index in [1.165, 1.54) is 18.1 Å². The molecule has 1 heterocycles. The number of amides is 1. The standard InChI is InChI=1S/C14H14F2N2O4/c1-22-14(21)9-7-18(4-5-19)13(20)12(9)17-8-2-3-10(15)11(16)6-8/h2-3,6,17,19H,4-5,7H2,1H3. The summed E-state index contributed by atoms with van der Waals surface area (Å²) in [6, 6.07) is 3.02. The van der Waals surface area contributed by atoms with Crippen molar-refractivity contribution in [3.05, 3.63) is 41.1 Å². The summed E-state index contributed by atoms with van der Waals surface area (Å²) in [5.74, 6) is -3.34. The maximum atomic E-state index is 13.2. The minimum absolute atomic E-state index is 0.0297. The molecular formula is C14H14F2N2O4. The number of halogens is 2. The second-order valence-electron chi connectivity index (χ2n) is 4.55. The number of methoxy groups -OCH3 is 1. The predicted octanol–water partition coefficient (Wildman–Crippen LogP) is 0.638. The first-order valence-corrected chi connectivity index (χ1v) is 6.41. The molecule has 0 aromatic heterocycles. The van der Waals surface area contributed by atoms with Crippen molar-refractivity contribution in [3.63, 3.8) is 0 Å². The summed E-state index contributed by atoms with van der Waals surface area (Å²) in [7, 11) is 1.17. The van der Waals surface area contributed by atoms with Crippen molar-refractivity contribution in [2.45, 2.75) is 0 Å². The first-order valence-electron chi connectivity index (χ1n) is 6.41. The highest BCUT2D eigenvalue weighted by atomic mass is 19.2. The molecule has 0 unspecified atom stereocenters. The number of benzene rings is 1. The Morgan fingerprint density at radius 3 is 2.73 bits per heavy atom. The van der Waals surface area contributed by atoms with Crippen molar-refractivity contribution in [3.8, 4) is 0 Å². The SMILES string of the molecule is COC(=O)C1=C(Nc2ccc(F)c(F)c2)C(=O)N(CCO)C1. The zero-order valence-electron chi connectivity index (χ0n) is 11.7. The first kappa shape index (κ1) is 15.9. The zero-order valence-corrected chi connectivity index (χ0v) is 11.7. The third-order valence-electron chi connectivity index (χ3n) is 3.14. The van der Waals surface area contributed by atoms with E-state index in [9.17, 15) is 18.4 Å². The number of nitrogens with zero attached hydrogens (tertiary/aromatic N) is 1. The summed E-state index contributed by atoms with van der Waals surface area (Å²) in [5.41, 5.74) is 0.103. The predicted molar refractivity (Wildman–Crippen MR) is 72.7 cm³/mol. The van der Waals surface area contributed by atoms with Gasteiger partial charge in [-0.3, -0.25) is 4.79 Å². The van der Waals surface area contributed by atoms with Gasteiger partial charge in [-0.15, -0.1) is 0 Å². The molecule has 0 spiro atoms. The van der Waals surface area contributed by atoms with Gasteiger partial charge in [0.05, 0.1) is 25.8 Å². The third kappa shape index (κ3) is 3.06. The minimum atomic E-state index is -1.08. The lowest BCUT2D eigenvalue weighted by Crippen LogP contribution is -2.31. The molecule has 22 heavy (non-hydrogen) atoms. The summed E-state index contributed by atoms with van der Waals surface area (Å²) in [6.07, 6.45) is 0. The number of esters is 1. The number of anilines is 1. The van der Waals surface area contributed by atoms with Crippen LogP contribution in [0.4, 0.5) is 14.5 Å². The van der Waals surface area contributed by atoms with E-state index in [0.29, 0.717) is 0 Å². The van der Waals surface area contributed by atoms with Gasteiger partial charge in [0.2, 0.25) is 0 Å². The molecule has 6 nitrogen and oxygen atoms in total. The highest BCUT2D eigenvalue weighted by Crippen LogP contribution is 2.23. The molecule has 0 radical (unpaired) electrons. The van der Waals surface area contributed by atoms with E-state index < -0.39 is 23.5 Å². The molecule has 8 heteroatoms. The van der Waals surface area contributed by atoms with Crippen LogP contribution in [-0.2, 0) is 14.3 Å². The number of rotatable bonds is 5. The fourth-order valence-electron chi connectivity index (χ4n) is 2.07. The van der Waals surface area contributed by atoms with Gasteiger partial charge in [0.1, 0.15) is 5.70 Å². The molecule has 0 saturated carbocycles. The monoisotopic (exact) mass is 312 g/mol.